The standard InChI is InChI=1S/C15H21ClN2O/c1-12(18-10-4-2-3-5-11-18)15(19)17-14-8-6-13(16)7-9-14/h6-9,12H,2-5,10-11H2,1H3,(H,17,19). The third-order valence-corrected chi connectivity index (χ3v) is 3.93. The summed E-state index contributed by atoms with van der Waals surface area (Å²) in [5.74, 6) is 0.0595. The van der Waals surface area contributed by atoms with E-state index >= 15 is 0 Å². The van der Waals surface area contributed by atoms with Gasteiger partial charge in [-0.25, -0.2) is 0 Å². The average molecular weight is 281 g/mol. The van der Waals surface area contributed by atoms with E-state index in [0.717, 1.165) is 18.8 Å². The summed E-state index contributed by atoms with van der Waals surface area (Å²) in [4.78, 5) is 14.5. The number of hydrogen-bond acceptors (Lipinski definition) is 2. The molecule has 1 saturated heterocycles. The van der Waals surface area contributed by atoms with E-state index in [0.29, 0.717) is 5.02 Å². The van der Waals surface area contributed by atoms with Crippen molar-refractivity contribution in [2.75, 3.05) is 18.4 Å². The van der Waals surface area contributed by atoms with Crippen molar-refractivity contribution in [2.24, 2.45) is 0 Å². The van der Waals surface area contributed by atoms with Crippen molar-refractivity contribution in [3.8, 4) is 0 Å². The smallest absolute Gasteiger partial charge is 0.241 e. The molecular formula is C15H21ClN2O. The number of amides is 1. The lowest BCUT2D eigenvalue weighted by atomic mass is 10.2. The van der Waals surface area contributed by atoms with Gasteiger partial charge in [-0.1, -0.05) is 24.4 Å². The zero-order valence-corrected chi connectivity index (χ0v) is 12.1. The van der Waals surface area contributed by atoms with Crippen LogP contribution in [0, 0.1) is 0 Å². The Hall–Kier alpha value is -1.06. The van der Waals surface area contributed by atoms with Gasteiger partial charge in [-0.2, -0.15) is 0 Å². The third kappa shape index (κ3) is 4.22. The van der Waals surface area contributed by atoms with E-state index in [1.807, 2.05) is 19.1 Å². The monoisotopic (exact) mass is 280 g/mol. The lowest BCUT2D eigenvalue weighted by Gasteiger charge is -2.26. The highest BCUT2D eigenvalue weighted by atomic mass is 35.5. The summed E-state index contributed by atoms with van der Waals surface area (Å²) in [5, 5.41) is 3.63. The van der Waals surface area contributed by atoms with Gasteiger partial charge in [-0.15, -0.1) is 0 Å². The molecule has 1 aromatic rings. The fourth-order valence-corrected chi connectivity index (χ4v) is 2.55. The maximum Gasteiger partial charge on any atom is 0.241 e. The van der Waals surface area contributed by atoms with Crippen molar-refractivity contribution in [3.05, 3.63) is 29.3 Å². The summed E-state index contributed by atoms with van der Waals surface area (Å²) in [7, 11) is 0. The van der Waals surface area contributed by atoms with Gasteiger partial charge in [-0.3, -0.25) is 9.69 Å². The largest absolute Gasteiger partial charge is 0.325 e. The summed E-state index contributed by atoms with van der Waals surface area (Å²) in [6.07, 6.45) is 4.95. The predicted octanol–water partition coefficient (Wildman–Crippen LogP) is 3.54. The average Bonchev–Trinajstić information content (AvgIpc) is 2.69. The summed E-state index contributed by atoms with van der Waals surface area (Å²) in [6.45, 7) is 4.03. The Kier molecular flexibility index (Phi) is 5.23. The molecule has 1 aliphatic rings. The molecule has 4 heteroatoms. The van der Waals surface area contributed by atoms with E-state index in [4.69, 9.17) is 11.6 Å². The summed E-state index contributed by atoms with van der Waals surface area (Å²) >= 11 is 5.83. The van der Waals surface area contributed by atoms with Gasteiger partial charge < -0.3 is 5.32 Å². The van der Waals surface area contributed by atoms with Crippen LogP contribution in [0.3, 0.4) is 0 Å². The fraction of sp³-hybridized carbons (Fsp3) is 0.533. The Labute approximate surface area is 119 Å². The molecule has 1 unspecified atom stereocenters. The quantitative estimate of drug-likeness (QED) is 0.918. The summed E-state index contributed by atoms with van der Waals surface area (Å²) in [5.41, 5.74) is 0.802. The second-order valence-corrected chi connectivity index (χ2v) is 5.56. The van der Waals surface area contributed by atoms with Crippen molar-refractivity contribution >= 4 is 23.2 Å². The molecule has 0 aliphatic carbocycles. The first-order valence-electron chi connectivity index (χ1n) is 6.97. The lowest BCUT2D eigenvalue weighted by molar-refractivity contribution is -0.120. The minimum absolute atomic E-state index is 0.0595. The molecule has 1 aliphatic heterocycles. The molecule has 104 valence electrons. The Balaban J connectivity index is 1.92. The number of rotatable bonds is 3. The lowest BCUT2D eigenvalue weighted by Crippen LogP contribution is -2.42. The molecule has 2 rings (SSSR count). The van der Waals surface area contributed by atoms with Crippen molar-refractivity contribution in [1.29, 1.82) is 0 Å². The topological polar surface area (TPSA) is 32.3 Å². The number of nitrogens with zero attached hydrogens (tertiary/aromatic N) is 1. The highest BCUT2D eigenvalue weighted by molar-refractivity contribution is 6.30. The molecule has 1 amide bonds. The maximum atomic E-state index is 12.2. The van der Waals surface area contributed by atoms with Crippen molar-refractivity contribution in [2.45, 2.75) is 38.6 Å². The zero-order chi connectivity index (χ0) is 13.7. The third-order valence-electron chi connectivity index (χ3n) is 3.68. The van der Waals surface area contributed by atoms with Gasteiger partial charge >= 0.3 is 0 Å². The van der Waals surface area contributed by atoms with Crippen LogP contribution in [0.25, 0.3) is 0 Å². The van der Waals surface area contributed by atoms with E-state index in [-0.39, 0.29) is 11.9 Å². The normalized spacial score (nSPS) is 18.6. The molecule has 1 aromatic carbocycles. The minimum atomic E-state index is -0.0752. The number of anilines is 1. The number of benzene rings is 1. The van der Waals surface area contributed by atoms with E-state index < -0.39 is 0 Å². The van der Waals surface area contributed by atoms with Crippen LogP contribution in [0.5, 0.6) is 0 Å². The van der Waals surface area contributed by atoms with Crippen LogP contribution in [0.4, 0.5) is 5.69 Å². The number of likely N-dealkylation sites (tertiary alicyclic amines) is 1. The van der Waals surface area contributed by atoms with E-state index in [1.54, 1.807) is 12.1 Å². The van der Waals surface area contributed by atoms with Crippen LogP contribution in [0.1, 0.15) is 32.6 Å². The first kappa shape index (κ1) is 14.4. The molecule has 19 heavy (non-hydrogen) atoms. The molecule has 1 N–H and O–H groups in total. The van der Waals surface area contributed by atoms with Gasteiger partial charge in [0.05, 0.1) is 6.04 Å². The number of carbonyl (C=O) groups excluding carboxylic acids is 1. The fourth-order valence-electron chi connectivity index (χ4n) is 2.43. The Morgan fingerprint density at radius 3 is 2.32 bits per heavy atom. The molecule has 0 spiro atoms. The number of carbonyl (C=O) groups is 1. The van der Waals surface area contributed by atoms with E-state index in [9.17, 15) is 4.79 Å². The van der Waals surface area contributed by atoms with Gasteiger partial charge in [0.25, 0.3) is 0 Å². The second-order valence-electron chi connectivity index (χ2n) is 5.12. The zero-order valence-electron chi connectivity index (χ0n) is 11.4. The molecule has 0 radical (unpaired) electrons. The van der Waals surface area contributed by atoms with Crippen LogP contribution >= 0.6 is 11.6 Å². The van der Waals surface area contributed by atoms with Gasteiger partial charge in [-0.05, 0) is 57.1 Å². The molecule has 1 fully saturated rings. The molecule has 0 bridgehead atoms. The maximum absolute atomic E-state index is 12.2. The van der Waals surface area contributed by atoms with Gasteiger partial charge in [0, 0.05) is 10.7 Å². The Morgan fingerprint density at radius 2 is 1.74 bits per heavy atom. The van der Waals surface area contributed by atoms with Gasteiger partial charge in [0.1, 0.15) is 0 Å². The van der Waals surface area contributed by atoms with Crippen LogP contribution < -0.4 is 5.32 Å². The molecule has 0 saturated carbocycles. The molecule has 1 heterocycles. The molecule has 0 aromatic heterocycles. The summed E-state index contributed by atoms with van der Waals surface area (Å²) < 4.78 is 0. The van der Waals surface area contributed by atoms with Crippen molar-refractivity contribution in [3.63, 3.8) is 0 Å². The Bertz CT molecular complexity index is 411. The van der Waals surface area contributed by atoms with Gasteiger partial charge in [0.15, 0.2) is 0 Å². The number of hydrogen-bond donors (Lipinski definition) is 1. The first-order valence-corrected chi connectivity index (χ1v) is 7.35. The molecular weight excluding hydrogens is 260 g/mol. The van der Waals surface area contributed by atoms with Crippen molar-refractivity contribution < 1.29 is 4.79 Å². The van der Waals surface area contributed by atoms with Crippen LogP contribution in [-0.2, 0) is 4.79 Å². The van der Waals surface area contributed by atoms with Gasteiger partial charge in [0.2, 0.25) is 5.91 Å². The molecule has 3 nitrogen and oxygen atoms in total. The van der Waals surface area contributed by atoms with Crippen LogP contribution in [0.2, 0.25) is 5.02 Å². The number of halogens is 1. The number of nitrogens with one attached hydrogen (secondary N) is 1. The van der Waals surface area contributed by atoms with Crippen LogP contribution in [0.15, 0.2) is 24.3 Å². The predicted molar refractivity (Wildman–Crippen MR) is 79.6 cm³/mol. The van der Waals surface area contributed by atoms with Crippen LogP contribution in [-0.4, -0.2) is 29.9 Å². The highest BCUT2D eigenvalue weighted by Gasteiger charge is 2.21. The summed E-state index contributed by atoms with van der Waals surface area (Å²) in [6, 6.07) is 7.15. The first-order chi connectivity index (χ1) is 9.16. The second kappa shape index (κ2) is 6.92. The molecule has 1 atom stereocenters. The highest BCUT2D eigenvalue weighted by Crippen LogP contribution is 2.16. The Morgan fingerprint density at radius 1 is 1.16 bits per heavy atom. The SMILES string of the molecule is CC(C(=O)Nc1ccc(Cl)cc1)N1CCCCCC1. The minimum Gasteiger partial charge on any atom is -0.325 e. The van der Waals surface area contributed by atoms with E-state index in [2.05, 4.69) is 10.2 Å². The van der Waals surface area contributed by atoms with E-state index in [1.165, 1.54) is 25.7 Å². The van der Waals surface area contributed by atoms with Crippen molar-refractivity contribution in [1.82, 2.24) is 4.90 Å².